The van der Waals surface area contributed by atoms with Crippen LogP contribution in [0.25, 0.3) is 0 Å². The van der Waals surface area contributed by atoms with Gasteiger partial charge in [0, 0.05) is 51.3 Å². The Hall–Kier alpha value is -3.24. The van der Waals surface area contributed by atoms with Gasteiger partial charge in [0.2, 0.25) is 5.95 Å². The van der Waals surface area contributed by atoms with E-state index in [2.05, 4.69) is 32.3 Å². The van der Waals surface area contributed by atoms with Crippen LogP contribution < -0.4 is 5.32 Å². The summed E-state index contributed by atoms with van der Waals surface area (Å²) in [6.07, 6.45) is 4.54. The summed E-state index contributed by atoms with van der Waals surface area (Å²) in [5.74, 6) is 0.0797. The summed E-state index contributed by atoms with van der Waals surface area (Å²) >= 11 is 0. The lowest BCUT2D eigenvalue weighted by Crippen LogP contribution is -2.48. The van der Waals surface area contributed by atoms with Gasteiger partial charge in [-0.05, 0) is 11.6 Å². The highest BCUT2D eigenvalue weighted by molar-refractivity contribution is 5.97. The van der Waals surface area contributed by atoms with E-state index >= 15 is 0 Å². The number of hydrogen-bond acceptors (Lipinski definition) is 6. The average molecular weight is 348 g/mol. The van der Waals surface area contributed by atoms with Gasteiger partial charge >= 0.3 is 0 Å². The van der Waals surface area contributed by atoms with Crippen molar-refractivity contribution in [2.24, 2.45) is 0 Å². The number of nitriles is 1. The van der Waals surface area contributed by atoms with Crippen LogP contribution in [0.3, 0.4) is 0 Å². The molecule has 7 nitrogen and oxygen atoms in total. The number of amides is 1. The first kappa shape index (κ1) is 17.6. The molecule has 1 fully saturated rings. The first-order valence-electron chi connectivity index (χ1n) is 8.45. The molecule has 0 atom stereocenters. The smallest absolute Gasteiger partial charge is 0.266 e. The highest BCUT2D eigenvalue weighted by Gasteiger charge is 2.23. The monoisotopic (exact) mass is 348 g/mol. The van der Waals surface area contributed by atoms with E-state index in [4.69, 9.17) is 0 Å². The summed E-state index contributed by atoms with van der Waals surface area (Å²) < 4.78 is 0. The zero-order chi connectivity index (χ0) is 18.2. The fourth-order valence-electron chi connectivity index (χ4n) is 2.77. The third-order valence-corrected chi connectivity index (χ3v) is 4.17. The Morgan fingerprint density at radius 3 is 2.46 bits per heavy atom. The Balaban J connectivity index is 1.54. The van der Waals surface area contributed by atoms with Crippen LogP contribution in [0.2, 0.25) is 0 Å². The van der Waals surface area contributed by atoms with Gasteiger partial charge in [-0.15, -0.1) is 0 Å². The minimum Gasteiger partial charge on any atom is -0.335 e. The highest BCUT2D eigenvalue weighted by Crippen LogP contribution is 2.11. The predicted molar refractivity (Wildman–Crippen MR) is 97.6 cm³/mol. The van der Waals surface area contributed by atoms with E-state index in [9.17, 15) is 10.1 Å². The molecule has 2 aromatic rings. The molecule has 0 radical (unpaired) electrons. The Labute approximate surface area is 152 Å². The van der Waals surface area contributed by atoms with Crippen molar-refractivity contribution in [3.63, 3.8) is 0 Å². The fourth-order valence-corrected chi connectivity index (χ4v) is 2.77. The molecule has 1 aliphatic rings. The molecular weight excluding hydrogens is 328 g/mol. The number of aromatic nitrogens is 2. The summed E-state index contributed by atoms with van der Waals surface area (Å²) in [6.45, 7) is 3.65. The maximum Gasteiger partial charge on any atom is 0.266 e. The average Bonchev–Trinajstić information content (AvgIpc) is 2.70. The van der Waals surface area contributed by atoms with Crippen LogP contribution in [-0.4, -0.2) is 51.9 Å². The van der Waals surface area contributed by atoms with Crippen molar-refractivity contribution in [2.75, 3.05) is 31.5 Å². The number of carbonyl (C=O) groups excluding carboxylic acids is 1. The summed E-state index contributed by atoms with van der Waals surface area (Å²) in [5, 5.41) is 12.1. The van der Waals surface area contributed by atoms with Crippen molar-refractivity contribution in [1.82, 2.24) is 19.8 Å². The molecule has 0 spiro atoms. The van der Waals surface area contributed by atoms with Gasteiger partial charge in [0.05, 0.1) is 0 Å². The Morgan fingerprint density at radius 1 is 1.12 bits per heavy atom. The summed E-state index contributed by atoms with van der Waals surface area (Å²) in [5.41, 5.74) is 1.31. The van der Waals surface area contributed by atoms with Crippen molar-refractivity contribution in [3.8, 4) is 6.07 Å². The number of benzene rings is 1. The number of hydrogen-bond donors (Lipinski definition) is 1. The van der Waals surface area contributed by atoms with Crippen molar-refractivity contribution < 1.29 is 4.79 Å². The van der Waals surface area contributed by atoms with Crippen LogP contribution in [0.1, 0.15) is 5.56 Å². The van der Waals surface area contributed by atoms with Crippen LogP contribution in [0.15, 0.2) is 60.6 Å². The molecule has 1 saturated heterocycles. The largest absolute Gasteiger partial charge is 0.335 e. The normalized spacial score (nSPS) is 15.3. The zero-order valence-corrected chi connectivity index (χ0v) is 14.4. The Bertz CT molecular complexity index is 792. The molecule has 2 heterocycles. The SMILES string of the molecule is N#C/C(=C/Nc1ncccn1)C(=O)N1CCN(Cc2ccccc2)CC1. The van der Waals surface area contributed by atoms with E-state index in [1.165, 1.54) is 11.8 Å². The Morgan fingerprint density at radius 2 is 1.81 bits per heavy atom. The summed E-state index contributed by atoms with van der Waals surface area (Å²) in [6, 6.07) is 13.9. The van der Waals surface area contributed by atoms with Crippen LogP contribution in [0.4, 0.5) is 5.95 Å². The first-order chi connectivity index (χ1) is 12.8. The van der Waals surface area contributed by atoms with Crippen molar-refractivity contribution in [3.05, 3.63) is 66.1 Å². The Kier molecular flexibility index (Phi) is 5.91. The molecule has 26 heavy (non-hydrogen) atoms. The van der Waals surface area contributed by atoms with Gasteiger partial charge in [0.25, 0.3) is 5.91 Å². The van der Waals surface area contributed by atoms with E-state index in [0.29, 0.717) is 19.0 Å². The van der Waals surface area contributed by atoms with Crippen LogP contribution in [0.5, 0.6) is 0 Å². The van der Waals surface area contributed by atoms with E-state index < -0.39 is 0 Å². The van der Waals surface area contributed by atoms with Crippen molar-refractivity contribution in [2.45, 2.75) is 6.54 Å². The van der Waals surface area contributed by atoms with Gasteiger partial charge in [-0.3, -0.25) is 9.69 Å². The number of piperazine rings is 1. The van der Waals surface area contributed by atoms with Gasteiger partial charge in [-0.2, -0.15) is 5.26 Å². The molecule has 0 saturated carbocycles. The number of rotatable bonds is 5. The minimum absolute atomic E-state index is 0.0500. The van der Waals surface area contributed by atoms with Crippen molar-refractivity contribution >= 4 is 11.9 Å². The summed E-state index contributed by atoms with van der Waals surface area (Å²) in [4.78, 5) is 24.6. The van der Waals surface area contributed by atoms with E-state index in [0.717, 1.165) is 19.6 Å². The molecule has 0 bridgehead atoms. The number of anilines is 1. The van der Waals surface area contributed by atoms with E-state index in [-0.39, 0.29) is 11.5 Å². The maximum absolute atomic E-state index is 12.6. The first-order valence-corrected chi connectivity index (χ1v) is 8.45. The highest BCUT2D eigenvalue weighted by atomic mass is 16.2. The lowest BCUT2D eigenvalue weighted by molar-refractivity contribution is -0.128. The van der Waals surface area contributed by atoms with Gasteiger partial charge < -0.3 is 10.2 Å². The molecule has 132 valence electrons. The molecule has 1 aromatic heterocycles. The predicted octanol–water partition coefficient (Wildman–Crippen LogP) is 1.64. The molecule has 3 rings (SSSR count). The van der Waals surface area contributed by atoms with Crippen molar-refractivity contribution in [1.29, 1.82) is 5.26 Å². The van der Waals surface area contributed by atoms with E-state index in [1.807, 2.05) is 24.3 Å². The van der Waals surface area contributed by atoms with Gasteiger partial charge in [0.15, 0.2) is 0 Å². The molecule has 1 amide bonds. The van der Waals surface area contributed by atoms with Gasteiger partial charge in [-0.1, -0.05) is 30.3 Å². The topological polar surface area (TPSA) is 85.1 Å². The zero-order valence-electron chi connectivity index (χ0n) is 14.4. The number of carbonyl (C=O) groups is 1. The molecule has 0 aliphatic carbocycles. The molecule has 1 aromatic carbocycles. The molecule has 0 unspecified atom stereocenters. The third-order valence-electron chi connectivity index (χ3n) is 4.17. The fraction of sp³-hybridized carbons (Fsp3) is 0.263. The number of nitrogens with zero attached hydrogens (tertiary/aromatic N) is 5. The second kappa shape index (κ2) is 8.74. The summed E-state index contributed by atoms with van der Waals surface area (Å²) in [7, 11) is 0. The van der Waals surface area contributed by atoms with Crippen LogP contribution in [0, 0.1) is 11.3 Å². The quantitative estimate of drug-likeness (QED) is 0.653. The molecule has 1 aliphatic heterocycles. The molecule has 7 heteroatoms. The van der Waals surface area contributed by atoms with Crippen LogP contribution in [-0.2, 0) is 11.3 Å². The third kappa shape index (κ3) is 4.65. The van der Waals surface area contributed by atoms with Gasteiger partial charge in [-0.25, -0.2) is 9.97 Å². The molecule has 1 N–H and O–H groups in total. The molecular formula is C19H20N6O. The standard InChI is InChI=1S/C19H20N6O/c20-13-17(14-23-19-21-7-4-8-22-19)18(26)25-11-9-24(10-12-25)15-16-5-2-1-3-6-16/h1-8,14H,9-12,15H2,(H,21,22,23)/b17-14-. The second-order valence-electron chi connectivity index (χ2n) is 5.94. The van der Waals surface area contributed by atoms with E-state index in [1.54, 1.807) is 23.4 Å². The minimum atomic E-state index is -0.268. The maximum atomic E-state index is 12.6. The lowest BCUT2D eigenvalue weighted by Gasteiger charge is -2.34. The van der Waals surface area contributed by atoms with Crippen LogP contribution >= 0.6 is 0 Å². The lowest BCUT2D eigenvalue weighted by atomic mass is 10.2. The second-order valence-corrected chi connectivity index (χ2v) is 5.94. The number of nitrogens with one attached hydrogen (secondary N) is 1. The van der Waals surface area contributed by atoms with Gasteiger partial charge in [0.1, 0.15) is 11.6 Å².